The Balaban J connectivity index is 1.78. The Labute approximate surface area is 133 Å². The van der Waals surface area contributed by atoms with Gasteiger partial charge in [-0.25, -0.2) is 4.98 Å². The monoisotopic (exact) mass is 309 g/mol. The van der Waals surface area contributed by atoms with Crippen LogP contribution in [0.2, 0.25) is 0 Å². The van der Waals surface area contributed by atoms with Crippen LogP contribution in [0, 0.1) is 21.4 Å². The van der Waals surface area contributed by atoms with Gasteiger partial charge in [-0.3, -0.25) is 10.1 Å². The molecule has 7 heteroatoms. The summed E-state index contributed by atoms with van der Waals surface area (Å²) < 4.78 is 0. The third-order valence-corrected chi connectivity index (χ3v) is 3.89. The molecule has 0 atom stereocenters. The van der Waals surface area contributed by atoms with Crippen molar-refractivity contribution in [2.75, 3.05) is 36.0 Å². The summed E-state index contributed by atoms with van der Waals surface area (Å²) in [5.41, 5.74) is 0.845. The molecular weight excluding hydrogens is 294 g/mol. The fourth-order valence-corrected chi connectivity index (χ4v) is 2.72. The van der Waals surface area contributed by atoms with Gasteiger partial charge in [0.05, 0.1) is 16.6 Å². The Bertz CT molecular complexity index is 749. The number of nitro benzene ring substituents is 1. The van der Waals surface area contributed by atoms with E-state index < -0.39 is 4.92 Å². The molecule has 0 saturated carbocycles. The van der Waals surface area contributed by atoms with E-state index >= 15 is 0 Å². The summed E-state index contributed by atoms with van der Waals surface area (Å²) in [6, 6.07) is 12.3. The van der Waals surface area contributed by atoms with Crippen LogP contribution in [0.5, 0.6) is 0 Å². The number of rotatable bonds is 3. The molecule has 1 aromatic heterocycles. The van der Waals surface area contributed by atoms with Gasteiger partial charge in [-0.2, -0.15) is 5.26 Å². The van der Waals surface area contributed by atoms with Crippen molar-refractivity contribution in [3.8, 4) is 6.07 Å². The van der Waals surface area contributed by atoms with Crippen LogP contribution in [0.3, 0.4) is 0 Å². The number of hydrogen-bond acceptors (Lipinski definition) is 6. The van der Waals surface area contributed by atoms with Crippen molar-refractivity contribution in [1.29, 1.82) is 5.26 Å². The fraction of sp³-hybridized carbons (Fsp3) is 0.250. The second kappa shape index (κ2) is 6.32. The van der Waals surface area contributed by atoms with Crippen molar-refractivity contribution in [1.82, 2.24) is 4.98 Å². The molecule has 0 amide bonds. The fourth-order valence-electron chi connectivity index (χ4n) is 2.72. The van der Waals surface area contributed by atoms with Gasteiger partial charge in [0.1, 0.15) is 11.5 Å². The maximum Gasteiger partial charge on any atom is 0.293 e. The summed E-state index contributed by atoms with van der Waals surface area (Å²) >= 11 is 0. The van der Waals surface area contributed by atoms with E-state index in [0.717, 1.165) is 18.9 Å². The minimum atomic E-state index is -0.429. The number of aromatic nitrogens is 1. The number of nitriles is 1. The molecule has 1 fully saturated rings. The number of benzene rings is 1. The second-order valence-electron chi connectivity index (χ2n) is 5.23. The molecule has 1 aliphatic rings. The van der Waals surface area contributed by atoms with Gasteiger partial charge >= 0.3 is 0 Å². The summed E-state index contributed by atoms with van der Waals surface area (Å²) in [5, 5.41) is 20.2. The Morgan fingerprint density at radius 1 is 1.13 bits per heavy atom. The molecule has 116 valence electrons. The van der Waals surface area contributed by atoms with E-state index in [1.807, 2.05) is 29.2 Å². The van der Waals surface area contributed by atoms with Crippen LogP contribution in [0.1, 0.15) is 5.56 Å². The van der Waals surface area contributed by atoms with Crippen molar-refractivity contribution in [3.63, 3.8) is 0 Å². The zero-order chi connectivity index (χ0) is 16.2. The van der Waals surface area contributed by atoms with Gasteiger partial charge in [-0.1, -0.05) is 6.07 Å². The highest BCUT2D eigenvalue weighted by Gasteiger charge is 2.24. The largest absolute Gasteiger partial charge is 0.362 e. The minimum Gasteiger partial charge on any atom is -0.362 e. The molecule has 0 bridgehead atoms. The number of pyridine rings is 1. The highest BCUT2D eigenvalue weighted by Crippen LogP contribution is 2.30. The summed E-state index contributed by atoms with van der Waals surface area (Å²) in [6.45, 7) is 2.83. The zero-order valence-corrected chi connectivity index (χ0v) is 12.4. The average Bonchev–Trinajstić information content (AvgIpc) is 2.62. The zero-order valence-electron chi connectivity index (χ0n) is 12.4. The van der Waals surface area contributed by atoms with Crippen LogP contribution >= 0.6 is 0 Å². The Kier molecular flexibility index (Phi) is 4.06. The number of anilines is 2. The lowest BCUT2D eigenvalue weighted by atomic mass is 10.1. The molecule has 2 aromatic rings. The van der Waals surface area contributed by atoms with E-state index in [4.69, 9.17) is 5.26 Å². The van der Waals surface area contributed by atoms with Gasteiger partial charge in [0, 0.05) is 38.4 Å². The van der Waals surface area contributed by atoms with Crippen molar-refractivity contribution >= 4 is 17.2 Å². The summed E-state index contributed by atoms with van der Waals surface area (Å²) in [7, 11) is 0. The molecule has 0 aliphatic carbocycles. The van der Waals surface area contributed by atoms with Crippen LogP contribution in [-0.2, 0) is 0 Å². The molecule has 0 radical (unpaired) electrons. The first-order valence-corrected chi connectivity index (χ1v) is 7.28. The Morgan fingerprint density at radius 3 is 2.48 bits per heavy atom. The molecule has 23 heavy (non-hydrogen) atoms. The van der Waals surface area contributed by atoms with Crippen molar-refractivity contribution in [2.24, 2.45) is 0 Å². The SMILES string of the molecule is N#Cc1ccc(N2CCN(c3ccccn3)CC2)c([N+](=O)[O-])c1. The summed E-state index contributed by atoms with van der Waals surface area (Å²) in [6.07, 6.45) is 1.76. The summed E-state index contributed by atoms with van der Waals surface area (Å²) in [5.74, 6) is 0.918. The molecule has 0 unspecified atom stereocenters. The van der Waals surface area contributed by atoms with Crippen LogP contribution < -0.4 is 9.80 Å². The lowest BCUT2D eigenvalue weighted by Gasteiger charge is -2.36. The topological polar surface area (TPSA) is 86.3 Å². The van der Waals surface area contributed by atoms with Gasteiger partial charge in [0.2, 0.25) is 0 Å². The second-order valence-corrected chi connectivity index (χ2v) is 5.23. The Hall–Kier alpha value is -3.14. The van der Waals surface area contributed by atoms with Crippen LogP contribution in [0.25, 0.3) is 0 Å². The minimum absolute atomic E-state index is 0.0182. The first kappa shape index (κ1) is 14.8. The van der Waals surface area contributed by atoms with Gasteiger partial charge in [0.15, 0.2) is 0 Å². The van der Waals surface area contributed by atoms with Gasteiger partial charge in [0.25, 0.3) is 5.69 Å². The van der Waals surface area contributed by atoms with E-state index in [1.54, 1.807) is 18.3 Å². The van der Waals surface area contributed by atoms with Gasteiger partial charge < -0.3 is 9.80 Å². The lowest BCUT2D eigenvalue weighted by Crippen LogP contribution is -2.47. The summed E-state index contributed by atoms with van der Waals surface area (Å²) in [4.78, 5) is 19.3. The molecule has 0 N–H and O–H groups in total. The van der Waals surface area contributed by atoms with E-state index in [0.29, 0.717) is 24.3 Å². The number of nitrogens with zero attached hydrogens (tertiary/aromatic N) is 5. The third-order valence-electron chi connectivity index (χ3n) is 3.89. The molecule has 0 spiro atoms. The predicted octanol–water partition coefficient (Wildman–Crippen LogP) is 2.19. The smallest absolute Gasteiger partial charge is 0.293 e. The van der Waals surface area contributed by atoms with Crippen molar-refractivity contribution in [3.05, 3.63) is 58.3 Å². The average molecular weight is 309 g/mol. The molecule has 1 saturated heterocycles. The molecular formula is C16H15N5O2. The van der Waals surface area contributed by atoms with Crippen molar-refractivity contribution < 1.29 is 4.92 Å². The van der Waals surface area contributed by atoms with E-state index in [9.17, 15) is 10.1 Å². The third kappa shape index (κ3) is 3.06. The highest BCUT2D eigenvalue weighted by atomic mass is 16.6. The molecule has 1 aromatic carbocycles. The van der Waals surface area contributed by atoms with Crippen LogP contribution in [-0.4, -0.2) is 36.1 Å². The first-order valence-electron chi connectivity index (χ1n) is 7.28. The molecule has 1 aliphatic heterocycles. The molecule has 2 heterocycles. The first-order chi connectivity index (χ1) is 11.2. The van der Waals surface area contributed by atoms with Gasteiger partial charge in [-0.05, 0) is 24.3 Å². The van der Waals surface area contributed by atoms with Gasteiger partial charge in [-0.15, -0.1) is 0 Å². The van der Waals surface area contributed by atoms with E-state index in [-0.39, 0.29) is 5.69 Å². The standard InChI is InChI=1S/C16H15N5O2/c17-12-13-4-5-14(15(11-13)21(22)23)19-7-9-20(10-8-19)16-3-1-2-6-18-16/h1-6,11H,7-10H2. The molecule has 7 nitrogen and oxygen atoms in total. The number of hydrogen-bond donors (Lipinski definition) is 0. The lowest BCUT2D eigenvalue weighted by molar-refractivity contribution is -0.384. The van der Waals surface area contributed by atoms with Crippen LogP contribution in [0.15, 0.2) is 42.6 Å². The van der Waals surface area contributed by atoms with Crippen LogP contribution in [0.4, 0.5) is 17.2 Å². The quantitative estimate of drug-likeness (QED) is 0.638. The number of nitro groups is 1. The van der Waals surface area contributed by atoms with E-state index in [2.05, 4.69) is 9.88 Å². The predicted molar refractivity (Wildman–Crippen MR) is 86.5 cm³/mol. The maximum atomic E-state index is 11.3. The normalized spacial score (nSPS) is 14.4. The van der Waals surface area contributed by atoms with Crippen molar-refractivity contribution in [2.45, 2.75) is 0 Å². The highest BCUT2D eigenvalue weighted by molar-refractivity contribution is 5.66. The maximum absolute atomic E-state index is 11.3. The number of piperazine rings is 1. The molecule has 3 rings (SSSR count). The Morgan fingerprint density at radius 2 is 1.87 bits per heavy atom. The van der Waals surface area contributed by atoms with E-state index in [1.165, 1.54) is 6.07 Å².